The van der Waals surface area contributed by atoms with Crippen molar-refractivity contribution < 1.29 is 4.74 Å². The summed E-state index contributed by atoms with van der Waals surface area (Å²) in [6.07, 6.45) is 3.65. The molecule has 3 heteroatoms. The fraction of sp³-hybridized carbons (Fsp3) is 1.00. The second-order valence-corrected chi connectivity index (χ2v) is 5.10. The monoisotopic (exact) mass is 242 g/mol. The Hall–Kier alpha value is -0.120. The third-order valence-corrected chi connectivity index (χ3v) is 4.29. The molecule has 0 saturated carbocycles. The molecule has 1 saturated heterocycles. The van der Waals surface area contributed by atoms with E-state index in [-0.39, 0.29) is 0 Å². The lowest BCUT2D eigenvalue weighted by atomic mass is 9.88. The van der Waals surface area contributed by atoms with Crippen LogP contribution < -0.4 is 5.32 Å². The van der Waals surface area contributed by atoms with E-state index in [0.717, 1.165) is 26.3 Å². The summed E-state index contributed by atoms with van der Waals surface area (Å²) in [5.41, 5.74) is 0.331. The molecule has 1 unspecified atom stereocenters. The van der Waals surface area contributed by atoms with Crippen molar-refractivity contribution in [2.24, 2.45) is 0 Å². The highest BCUT2D eigenvalue weighted by Gasteiger charge is 2.35. The molecule has 0 aliphatic carbocycles. The van der Waals surface area contributed by atoms with Crippen LogP contribution in [0.15, 0.2) is 0 Å². The van der Waals surface area contributed by atoms with Crippen molar-refractivity contribution in [3.8, 4) is 0 Å². The highest BCUT2D eigenvalue weighted by atomic mass is 16.5. The minimum Gasteiger partial charge on any atom is -0.380 e. The normalized spacial score (nSPS) is 25.1. The lowest BCUT2D eigenvalue weighted by Gasteiger charge is -2.47. The number of piperazine rings is 1. The predicted molar refractivity (Wildman–Crippen MR) is 73.5 cm³/mol. The largest absolute Gasteiger partial charge is 0.380 e. The first-order chi connectivity index (χ1) is 8.21. The van der Waals surface area contributed by atoms with Gasteiger partial charge in [0, 0.05) is 37.8 Å². The molecular formula is C14H30N2O. The molecule has 1 aliphatic heterocycles. The van der Waals surface area contributed by atoms with Crippen molar-refractivity contribution >= 4 is 0 Å². The number of nitrogens with one attached hydrogen (secondary N) is 1. The van der Waals surface area contributed by atoms with E-state index in [0.29, 0.717) is 11.6 Å². The molecular weight excluding hydrogens is 212 g/mol. The standard InChI is InChI=1S/C14H30N2O/c1-5-13-11-15-14(6-2,7-3)12-16(13)9-10-17-8-4/h13,15H,5-12H2,1-4H3. The summed E-state index contributed by atoms with van der Waals surface area (Å²) >= 11 is 0. The summed E-state index contributed by atoms with van der Waals surface area (Å²) in [5, 5.41) is 3.77. The van der Waals surface area contributed by atoms with Crippen LogP contribution in [0.25, 0.3) is 0 Å². The molecule has 0 spiro atoms. The van der Waals surface area contributed by atoms with Gasteiger partial charge in [0.2, 0.25) is 0 Å². The van der Waals surface area contributed by atoms with E-state index in [4.69, 9.17) is 4.74 Å². The smallest absolute Gasteiger partial charge is 0.0593 e. The minimum atomic E-state index is 0.331. The summed E-state index contributed by atoms with van der Waals surface area (Å²) in [5.74, 6) is 0. The number of hydrogen-bond acceptors (Lipinski definition) is 3. The van der Waals surface area contributed by atoms with Crippen molar-refractivity contribution in [1.29, 1.82) is 0 Å². The Morgan fingerprint density at radius 2 is 1.94 bits per heavy atom. The summed E-state index contributed by atoms with van der Waals surface area (Å²) < 4.78 is 5.50. The van der Waals surface area contributed by atoms with Gasteiger partial charge in [-0.15, -0.1) is 0 Å². The predicted octanol–water partition coefficient (Wildman–Crippen LogP) is 2.27. The van der Waals surface area contributed by atoms with Crippen LogP contribution in [0.3, 0.4) is 0 Å². The third kappa shape index (κ3) is 3.94. The molecule has 1 aliphatic rings. The molecule has 1 fully saturated rings. The van der Waals surface area contributed by atoms with Crippen LogP contribution in [-0.4, -0.2) is 49.3 Å². The fourth-order valence-electron chi connectivity index (χ4n) is 2.75. The van der Waals surface area contributed by atoms with E-state index in [9.17, 15) is 0 Å². The Morgan fingerprint density at radius 3 is 2.47 bits per heavy atom. The van der Waals surface area contributed by atoms with Gasteiger partial charge in [-0.1, -0.05) is 20.8 Å². The first-order valence-electron chi connectivity index (χ1n) is 7.28. The quantitative estimate of drug-likeness (QED) is 0.693. The number of ether oxygens (including phenoxy) is 1. The van der Waals surface area contributed by atoms with Gasteiger partial charge in [-0.3, -0.25) is 4.90 Å². The molecule has 0 radical (unpaired) electrons. The fourth-order valence-corrected chi connectivity index (χ4v) is 2.75. The summed E-state index contributed by atoms with van der Waals surface area (Å²) in [4.78, 5) is 2.62. The minimum absolute atomic E-state index is 0.331. The molecule has 0 amide bonds. The first-order valence-corrected chi connectivity index (χ1v) is 7.28. The van der Waals surface area contributed by atoms with Gasteiger partial charge >= 0.3 is 0 Å². The number of nitrogens with zero attached hydrogens (tertiary/aromatic N) is 1. The topological polar surface area (TPSA) is 24.5 Å². The van der Waals surface area contributed by atoms with E-state index in [2.05, 4.69) is 37.9 Å². The SMILES string of the molecule is CCOCCN1CC(CC)(CC)NCC1CC. The maximum absolute atomic E-state index is 5.50. The van der Waals surface area contributed by atoms with E-state index >= 15 is 0 Å². The van der Waals surface area contributed by atoms with E-state index in [1.807, 2.05) is 0 Å². The molecule has 1 atom stereocenters. The molecule has 1 heterocycles. The summed E-state index contributed by atoms with van der Waals surface area (Å²) in [7, 11) is 0. The maximum atomic E-state index is 5.50. The van der Waals surface area contributed by atoms with Gasteiger partial charge in [-0.2, -0.15) is 0 Å². The van der Waals surface area contributed by atoms with Gasteiger partial charge in [-0.25, -0.2) is 0 Å². The summed E-state index contributed by atoms with van der Waals surface area (Å²) in [6, 6.07) is 0.682. The van der Waals surface area contributed by atoms with Crippen LogP contribution in [-0.2, 0) is 4.74 Å². The van der Waals surface area contributed by atoms with Gasteiger partial charge < -0.3 is 10.1 Å². The Kier molecular flexibility index (Phi) is 6.45. The highest BCUT2D eigenvalue weighted by molar-refractivity contribution is 4.96. The summed E-state index contributed by atoms with van der Waals surface area (Å²) in [6.45, 7) is 14.0. The van der Waals surface area contributed by atoms with Crippen LogP contribution in [0.2, 0.25) is 0 Å². The molecule has 0 aromatic heterocycles. The molecule has 1 N–H and O–H groups in total. The lowest BCUT2D eigenvalue weighted by Crippen LogP contribution is -2.64. The zero-order chi connectivity index (χ0) is 12.7. The highest BCUT2D eigenvalue weighted by Crippen LogP contribution is 2.23. The molecule has 1 rings (SSSR count). The van der Waals surface area contributed by atoms with Crippen molar-refractivity contribution in [2.75, 3.05) is 32.8 Å². The van der Waals surface area contributed by atoms with E-state index in [1.165, 1.54) is 25.8 Å². The Labute approximate surface area is 107 Å². The second kappa shape index (κ2) is 7.34. The average Bonchev–Trinajstić information content (AvgIpc) is 2.39. The number of hydrogen-bond donors (Lipinski definition) is 1. The van der Waals surface area contributed by atoms with Crippen LogP contribution in [0.5, 0.6) is 0 Å². The Bertz CT molecular complexity index is 204. The zero-order valence-electron chi connectivity index (χ0n) is 12.1. The molecule has 17 heavy (non-hydrogen) atoms. The van der Waals surface area contributed by atoms with Crippen LogP contribution in [0.1, 0.15) is 47.0 Å². The van der Waals surface area contributed by atoms with Gasteiger partial charge in [-0.05, 0) is 26.2 Å². The first kappa shape index (κ1) is 14.9. The molecule has 0 aromatic rings. The lowest BCUT2D eigenvalue weighted by molar-refractivity contribution is 0.0387. The average molecular weight is 242 g/mol. The van der Waals surface area contributed by atoms with Crippen molar-refractivity contribution in [2.45, 2.75) is 58.5 Å². The second-order valence-electron chi connectivity index (χ2n) is 5.10. The Morgan fingerprint density at radius 1 is 1.24 bits per heavy atom. The van der Waals surface area contributed by atoms with Crippen LogP contribution in [0, 0.1) is 0 Å². The van der Waals surface area contributed by atoms with Gasteiger partial charge in [0.05, 0.1) is 6.61 Å². The van der Waals surface area contributed by atoms with Crippen molar-refractivity contribution in [3.63, 3.8) is 0 Å². The van der Waals surface area contributed by atoms with Crippen LogP contribution >= 0.6 is 0 Å². The number of rotatable bonds is 7. The molecule has 102 valence electrons. The van der Waals surface area contributed by atoms with Crippen molar-refractivity contribution in [1.82, 2.24) is 10.2 Å². The molecule has 0 bridgehead atoms. The molecule has 0 aromatic carbocycles. The van der Waals surface area contributed by atoms with Crippen molar-refractivity contribution in [3.05, 3.63) is 0 Å². The zero-order valence-corrected chi connectivity index (χ0v) is 12.1. The third-order valence-electron chi connectivity index (χ3n) is 4.29. The Balaban J connectivity index is 2.54. The van der Waals surface area contributed by atoms with E-state index < -0.39 is 0 Å². The van der Waals surface area contributed by atoms with Gasteiger partial charge in [0.15, 0.2) is 0 Å². The van der Waals surface area contributed by atoms with E-state index in [1.54, 1.807) is 0 Å². The van der Waals surface area contributed by atoms with Crippen LogP contribution in [0.4, 0.5) is 0 Å². The van der Waals surface area contributed by atoms with Gasteiger partial charge in [0.25, 0.3) is 0 Å². The van der Waals surface area contributed by atoms with Gasteiger partial charge in [0.1, 0.15) is 0 Å². The maximum Gasteiger partial charge on any atom is 0.0593 e. The molecule has 3 nitrogen and oxygen atoms in total.